The Bertz CT molecular complexity index is 3100. The molecule has 1 aliphatic rings. The molecule has 0 spiro atoms. The molecule has 0 aliphatic heterocycles. The number of allylic oxidation sites excluding steroid dienone is 1. The first-order valence-corrected chi connectivity index (χ1v) is 19.6. The van der Waals surface area contributed by atoms with Crippen molar-refractivity contribution in [1.82, 2.24) is 4.57 Å². The van der Waals surface area contributed by atoms with Crippen molar-refractivity contribution in [3.05, 3.63) is 211 Å². The van der Waals surface area contributed by atoms with Crippen molar-refractivity contribution in [2.45, 2.75) is 12.8 Å². The van der Waals surface area contributed by atoms with Gasteiger partial charge >= 0.3 is 0 Å². The summed E-state index contributed by atoms with van der Waals surface area (Å²) >= 11 is 0. The zero-order valence-electron chi connectivity index (χ0n) is 30.9. The fraction of sp³-hybridized carbons (Fsp3) is 0.0370. The van der Waals surface area contributed by atoms with Gasteiger partial charge in [-0.15, -0.1) is 0 Å². The maximum atomic E-state index is 2.46. The lowest BCUT2D eigenvalue weighted by Gasteiger charge is -2.29. The molecule has 56 heavy (non-hydrogen) atoms. The molecule has 0 saturated heterocycles. The number of hydrogen-bond acceptors (Lipinski definition) is 1. The van der Waals surface area contributed by atoms with Crippen LogP contribution in [0.5, 0.6) is 0 Å². The van der Waals surface area contributed by atoms with Crippen molar-refractivity contribution in [1.29, 1.82) is 0 Å². The van der Waals surface area contributed by atoms with Crippen molar-refractivity contribution in [3.63, 3.8) is 0 Å². The summed E-state index contributed by atoms with van der Waals surface area (Å²) in [6, 6.07) is 71.3. The lowest BCUT2D eigenvalue weighted by molar-refractivity contribution is 0.988. The zero-order chi connectivity index (χ0) is 37.0. The minimum Gasteiger partial charge on any atom is -0.310 e. The van der Waals surface area contributed by atoms with Crippen LogP contribution in [0.1, 0.15) is 17.5 Å². The average Bonchev–Trinajstić information content (AvgIpc) is 3.61. The van der Waals surface area contributed by atoms with Gasteiger partial charge in [0.2, 0.25) is 0 Å². The van der Waals surface area contributed by atoms with Gasteiger partial charge in [-0.25, -0.2) is 0 Å². The summed E-state index contributed by atoms with van der Waals surface area (Å²) in [5.74, 6) is 0. The smallest absolute Gasteiger partial charge is 0.0541 e. The monoisotopic (exact) mass is 714 g/mol. The number of anilines is 3. The van der Waals surface area contributed by atoms with Crippen LogP contribution >= 0.6 is 0 Å². The van der Waals surface area contributed by atoms with Crippen molar-refractivity contribution in [2.75, 3.05) is 4.90 Å². The second-order valence-corrected chi connectivity index (χ2v) is 14.8. The highest BCUT2D eigenvalue weighted by Crippen LogP contribution is 2.45. The number of para-hydroxylation sites is 2. The average molecular weight is 715 g/mol. The van der Waals surface area contributed by atoms with Crippen LogP contribution in [0.4, 0.5) is 17.1 Å². The normalized spacial score (nSPS) is 12.4. The van der Waals surface area contributed by atoms with E-state index in [1.807, 2.05) is 0 Å². The van der Waals surface area contributed by atoms with Crippen LogP contribution in [-0.4, -0.2) is 4.57 Å². The van der Waals surface area contributed by atoms with Crippen LogP contribution in [0.3, 0.4) is 0 Å². The van der Waals surface area contributed by atoms with E-state index in [1.165, 1.54) is 76.7 Å². The summed E-state index contributed by atoms with van der Waals surface area (Å²) in [7, 11) is 0. The maximum absolute atomic E-state index is 2.46. The highest BCUT2D eigenvalue weighted by molar-refractivity contribution is 6.10. The fourth-order valence-electron chi connectivity index (χ4n) is 9.13. The first kappa shape index (κ1) is 32.3. The zero-order valence-corrected chi connectivity index (χ0v) is 30.9. The summed E-state index contributed by atoms with van der Waals surface area (Å²) < 4.78 is 2.41. The summed E-state index contributed by atoms with van der Waals surface area (Å²) in [6.07, 6.45) is 6.71. The first-order valence-electron chi connectivity index (χ1n) is 19.6. The minimum atomic E-state index is 1.06. The molecular formula is C54H38N2. The molecule has 2 heteroatoms. The molecule has 1 aliphatic carbocycles. The topological polar surface area (TPSA) is 8.17 Å². The van der Waals surface area contributed by atoms with Gasteiger partial charge < -0.3 is 9.47 Å². The highest BCUT2D eigenvalue weighted by Gasteiger charge is 2.21. The van der Waals surface area contributed by atoms with Gasteiger partial charge in [-0.05, 0) is 111 Å². The molecule has 0 N–H and O–H groups in total. The molecule has 0 atom stereocenters. The fourth-order valence-corrected chi connectivity index (χ4v) is 9.13. The molecule has 10 aromatic rings. The van der Waals surface area contributed by atoms with Crippen LogP contribution in [-0.2, 0) is 6.42 Å². The molecule has 0 unspecified atom stereocenters. The van der Waals surface area contributed by atoms with Crippen LogP contribution in [0.25, 0.3) is 77.4 Å². The molecule has 0 fully saturated rings. The van der Waals surface area contributed by atoms with Crippen molar-refractivity contribution >= 4 is 66.5 Å². The highest BCUT2D eigenvalue weighted by atomic mass is 15.1. The van der Waals surface area contributed by atoms with Gasteiger partial charge in [0.1, 0.15) is 0 Å². The van der Waals surface area contributed by atoms with E-state index in [4.69, 9.17) is 0 Å². The third-order valence-electron chi connectivity index (χ3n) is 11.6. The molecule has 0 radical (unpaired) electrons. The molecule has 2 nitrogen and oxygen atoms in total. The Kier molecular flexibility index (Phi) is 7.67. The van der Waals surface area contributed by atoms with Crippen molar-refractivity contribution < 1.29 is 0 Å². The van der Waals surface area contributed by atoms with Gasteiger partial charge in [-0.1, -0.05) is 158 Å². The van der Waals surface area contributed by atoms with Crippen molar-refractivity contribution in [2.24, 2.45) is 0 Å². The summed E-state index contributed by atoms with van der Waals surface area (Å²) in [5.41, 5.74) is 14.7. The second kappa shape index (κ2) is 13.3. The molecule has 1 aromatic heterocycles. The third-order valence-corrected chi connectivity index (χ3v) is 11.6. The van der Waals surface area contributed by atoms with E-state index in [9.17, 15) is 0 Å². The molecule has 0 amide bonds. The van der Waals surface area contributed by atoms with Crippen molar-refractivity contribution in [3.8, 4) is 27.9 Å². The summed E-state index contributed by atoms with van der Waals surface area (Å²) in [4.78, 5) is 2.46. The SMILES string of the molecule is C1=Cc2cccc(-c3ccc(N(c4cccc(-c5cccc6ccccc56)c4)c4cccc(-n5c6ccccc6c6ccccc65)c4)c4ccccc34)c2CC1. The van der Waals surface area contributed by atoms with E-state index in [-0.39, 0.29) is 0 Å². The molecule has 11 rings (SSSR count). The van der Waals surface area contributed by atoms with Crippen LogP contribution in [0, 0.1) is 0 Å². The van der Waals surface area contributed by atoms with Crippen LogP contribution < -0.4 is 4.90 Å². The standard InChI is InChI=1S/C54H38N2/c1-3-23-43-37(15-1)17-12-29-45(43)39-19-11-20-40(35-39)55(41-21-14-22-42(36-41)56-52-31-9-7-27-50(52)51-28-8-10-32-53(51)56)54-34-33-48(47-25-5-6-26-49(47)54)46-30-13-18-38-16-2-4-24-44(38)46/h1-3,5-23,25-36H,4,24H2. The van der Waals surface area contributed by atoms with E-state index in [0.717, 1.165) is 35.6 Å². The molecule has 9 aromatic carbocycles. The number of nitrogens with zero attached hydrogens (tertiary/aromatic N) is 2. The Hall–Kier alpha value is -7.16. The Morgan fingerprint density at radius 1 is 0.429 bits per heavy atom. The molecule has 0 bridgehead atoms. The number of rotatable bonds is 6. The lowest BCUT2D eigenvalue weighted by atomic mass is 9.87. The molecule has 1 heterocycles. The number of fused-ring (bicyclic) bond motifs is 6. The van der Waals surface area contributed by atoms with E-state index < -0.39 is 0 Å². The van der Waals surface area contributed by atoms with E-state index >= 15 is 0 Å². The largest absolute Gasteiger partial charge is 0.310 e. The predicted octanol–water partition coefficient (Wildman–Crippen LogP) is 14.9. The quantitative estimate of drug-likeness (QED) is 0.166. The van der Waals surface area contributed by atoms with E-state index in [0.29, 0.717) is 0 Å². The Morgan fingerprint density at radius 2 is 1.05 bits per heavy atom. The Morgan fingerprint density at radius 3 is 1.88 bits per heavy atom. The number of hydrogen-bond donors (Lipinski definition) is 0. The van der Waals surface area contributed by atoms with Gasteiger partial charge in [-0.2, -0.15) is 0 Å². The van der Waals surface area contributed by atoms with Crippen LogP contribution in [0.15, 0.2) is 200 Å². The molecular weight excluding hydrogens is 677 g/mol. The minimum absolute atomic E-state index is 1.06. The van der Waals surface area contributed by atoms with E-state index in [2.05, 4.69) is 216 Å². The molecule has 0 saturated carbocycles. The Labute approximate surface area is 326 Å². The Balaban J connectivity index is 1.15. The maximum Gasteiger partial charge on any atom is 0.0541 e. The van der Waals surface area contributed by atoms with Crippen LogP contribution in [0.2, 0.25) is 0 Å². The van der Waals surface area contributed by atoms with Gasteiger partial charge in [0.15, 0.2) is 0 Å². The van der Waals surface area contributed by atoms with Gasteiger partial charge in [0.05, 0.1) is 16.7 Å². The number of aromatic nitrogens is 1. The first-order chi connectivity index (χ1) is 27.8. The molecule has 264 valence electrons. The van der Waals surface area contributed by atoms with Gasteiger partial charge in [0.25, 0.3) is 0 Å². The lowest BCUT2D eigenvalue weighted by Crippen LogP contribution is -2.11. The van der Waals surface area contributed by atoms with Gasteiger partial charge in [-0.3, -0.25) is 0 Å². The van der Waals surface area contributed by atoms with E-state index in [1.54, 1.807) is 0 Å². The third kappa shape index (κ3) is 5.26. The predicted molar refractivity (Wildman–Crippen MR) is 239 cm³/mol. The summed E-state index contributed by atoms with van der Waals surface area (Å²) in [6.45, 7) is 0. The van der Waals surface area contributed by atoms with Gasteiger partial charge in [0, 0.05) is 33.2 Å². The summed E-state index contributed by atoms with van der Waals surface area (Å²) in [5, 5.41) is 7.48. The second-order valence-electron chi connectivity index (χ2n) is 14.8. The number of benzene rings is 9.